The number of rotatable bonds is 6. The first kappa shape index (κ1) is 23.7. The summed E-state index contributed by atoms with van der Waals surface area (Å²) in [4.78, 5) is 35.7. The number of primary amides is 1. The van der Waals surface area contributed by atoms with Crippen molar-refractivity contribution in [1.82, 2.24) is 14.9 Å². The van der Waals surface area contributed by atoms with Crippen LogP contribution in [0.15, 0.2) is 54.7 Å². The predicted octanol–water partition coefficient (Wildman–Crippen LogP) is 3.20. The molecule has 9 nitrogen and oxygen atoms in total. The van der Waals surface area contributed by atoms with Crippen LogP contribution in [0.2, 0.25) is 0 Å². The lowest BCUT2D eigenvalue weighted by atomic mass is 9.91. The Labute approximate surface area is 210 Å². The molecule has 0 radical (unpaired) electrons. The number of carbonyl (C=O) groups is 2. The van der Waals surface area contributed by atoms with Gasteiger partial charge < -0.3 is 27.0 Å². The van der Waals surface area contributed by atoms with E-state index in [0.29, 0.717) is 30.4 Å². The van der Waals surface area contributed by atoms with Gasteiger partial charge in [0.1, 0.15) is 11.4 Å². The summed E-state index contributed by atoms with van der Waals surface area (Å²) >= 11 is 0. The summed E-state index contributed by atoms with van der Waals surface area (Å²) in [5.41, 5.74) is 15.8. The number of aromatic nitrogens is 2. The fourth-order valence-electron chi connectivity index (χ4n) is 4.94. The third kappa shape index (κ3) is 5.16. The number of fused-ring (bicyclic) bond motifs is 1. The van der Waals surface area contributed by atoms with E-state index in [0.717, 1.165) is 43.4 Å². The SMILES string of the molecule is NC(=O)c1cnc(NC2CCCCC2N)nc1Nc1ccc2c(c1)CN(C(=O)c1ccccc1)CC2. The van der Waals surface area contributed by atoms with Gasteiger partial charge in [0.2, 0.25) is 5.95 Å². The second kappa shape index (κ2) is 10.3. The Morgan fingerprint density at radius 2 is 1.83 bits per heavy atom. The highest BCUT2D eigenvalue weighted by Crippen LogP contribution is 2.27. The maximum atomic E-state index is 13.0. The first-order chi connectivity index (χ1) is 17.5. The predicted molar refractivity (Wildman–Crippen MR) is 139 cm³/mol. The molecule has 36 heavy (non-hydrogen) atoms. The average Bonchev–Trinajstić information content (AvgIpc) is 2.89. The molecule has 9 heteroatoms. The van der Waals surface area contributed by atoms with Crippen LogP contribution in [0.3, 0.4) is 0 Å². The molecule has 1 aliphatic carbocycles. The lowest BCUT2D eigenvalue weighted by molar-refractivity contribution is 0.0734. The van der Waals surface area contributed by atoms with E-state index in [1.165, 1.54) is 11.8 Å². The summed E-state index contributed by atoms with van der Waals surface area (Å²) in [6.07, 6.45) is 6.36. The van der Waals surface area contributed by atoms with Gasteiger partial charge in [0, 0.05) is 42.6 Å². The van der Waals surface area contributed by atoms with E-state index >= 15 is 0 Å². The number of nitrogens with one attached hydrogen (secondary N) is 2. The molecule has 2 heterocycles. The van der Waals surface area contributed by atoms with Crippen molar-refractivity contribution in [1.29, 1.82) is 0 Å². The number of hydrogen-bond donors (Lipinski definition) is 4. The molecular formula is C27H31N7O2. The Morgan fingerprint density at radius 1 is 1.03 bits per heavy atom. The molecule has 5 rings (SSSR count). The largest absolute Gasteiger partial charge is 0.365 e. The number of benzene rings is 2. The standard InChI is InChI=1S/C27H31N7O2/c28-22-8-4-5-9-23(22)32-27-30-15-21(24(29)35)25(33-27)31-20-11-10-17-12-13-34(16-19(17)14-20)26(36)18-6-2-1-3-7-18/h1-3,6-7,10-11,14-15,22-23H,4-5,8-9,12-13,16,28H2,(H2,29,35)(H2,30,31,32,33). The molecular weight excluding hydrogens is 454 g/mol. The first-order valence-electron chi connectivity index (χ1n) is 12.4. The molecule has 0 saturated heterocycles. The minimum atomic E-state index is -0.615. The Bertz CT molecular complexity index is 1260. The minimum absolute atomic E-state index is 0.0167. The van der Waals surface area contributed by atoms with Crippen molar-refractivity contribution < 1.29 is 9.59 Å². The Balaban J connectivity index is 1.36. The van der Waals surface area contributed by atoms with Crippen molar-refractivity contribution in [3.8, 4) is 0 Å². The summed E-state index contributed by atoms with van der Waals surface area (Å²) in [7, 11) is 0. The van der Waals surface area contributed by atoms with Gasteiger partial charge >= 0.3 is 0 Å². The second-order valence-electron chi connectivity index (χ2n) is 9.47. The lowest BCUT2D eigenvalue weighted by Crippen LogP contribution is -2.43. The topological polar surface area (TPSA) is 139 Å². The van der Waals surface area contributed by atoms with E-state index in [1.807, 2.05) is 53.4 Å². The molecule has 1 saturated carbocycles. The van der Waals surface area contributed by atoms with Gasteiger partial charge in [0.15, 0.2) is 0 Å². The molecule has 6 N–H and O–H groups in total. The van der Waals surface area contributed by atoms with Gasteiger partial charge in [0.05, 0.1) is 0 Å². The smallest absolute Gasteiger partial charge is 0.254 e. The van der Waals surface area contributed by atoms with E-state index in [1.54, 1.807) is 0 Å². The second-order valence-corrected chi connectivity index (χ2v) is 9.47. The van der Waals surface area contributed by atoms with Crippen LogP contribution in [-0.2, 0) is 13.0 Å². The molecule has 1 aliphatic heterocycles. The monoisotopic (exact) mass is 485 g/mol. The molecule has 2 amide bonds. The molecule has 1 fully saturated rings. The summed E-state index contributed by atoms with van der Waals surface area (Å²) in [5, 5.41) is 6.57. The highest BCUT2D eigenvalue weighted by Gasteiger charge is 2.24. The zero-order chi connectivity index (χ0) is 25.1. The summed E-state index contributed by atoms with van der Waals surface area (Å²) in [5.74, 6) is 0.138. The minimum Gasteiger partial charge on any atom is -0.365 e. The van der Waals surface area contributed by atoms with E-state index in [4.69, 9.17) is 11.5 Å². The summed E-state index contributed by atoms with van der Waals surface area (Å²) in [6.45, 7) is 1.18. The fraction of sp³-hybridized carbons (Fsp3) is 0.333. The summed E-state index contributed by atoms with van der Waals surface area (Å²) < 4.78 is 0. The van der Waals surface area contributed by atoms with Crippen molar-refractivity contribution >= 4 is 29.3 Å². The first-order valence-corrected chi connectivity index (χ1v) is 12.4. The molecule has 186 valence electrons. The van der Waals surface area contributed by atoms with Gasteiger partial charge in [-0.1, -0.05) is 37.1 Å². The maximum Gasteiger partial charge on any atom is 0.254 e. The highest BCUT2D eigenvalue weighted by molar-refractivity contribution is 5.98. The van der Waals surface area contributed by atoms with Gasteiger partial charge in [-0.3, -0.25) is 9.59 Å². The van der Waals surface area contributed by atoms with Crippen LogP contribution in [0, 0.1) is 0 Å². The number of nitrogens with zero attached hydrogens (tertiary/aromatic N) is 3. The fourth-order valence-corrected chi connectivity index (χ4v) is 4.94. The number of hydrogen-bond acceptors (Lipinski definition) is 7. The molecule has 3 aromatic rings. The molecule has 2 aliphatic rings. The van der Waals surface area contributed by atoms with Gasteiger partial charge in [-0.05, 0) is 54.7 Å². The quantitative estimate of drug-likeness (QED) is 0.420. The van der Waals surface area contributed by atoms with Gasteiger partial charge in [0.25, 0.3) is 11.8 Å². The number of carbonyl (C=O) groups excluding carboxylic acids is 2. The molecule has 1 aromatic heterocycles. The Morgan fingerprint density at radius 3 is 2.61 bits per heavy atom. The zero-order valence-electron chi connectivity index (χ0n) is 20.1. The van der Waals surface area contributed by atoms with E-state index in [9.17, 15) is 9.59 Å². The van der Waals surface area contributed by atoms with Gasteiger partial charge in [-0.15, -0.1) is 0 Å². The van der Waals surface area contributed by atoms with Crippen molar-refractivity contribution in [3.63, 3.8) is 0 Å². The Hall–Kier alpha value is -3.98. The molecule has 0 spiro atoms. The van der Waals surface area contributed by atoms with Crippen molar-refractivity contribution in [2.24, 2.45) is 11.5 Å². The van der Waals surface area contributed by atoms with Crippen molar-refractivity contribution in [3.05, 3.63) is 77.0 Å². The van der Waals surface area contributed by atoms with E-state index in [2.05, 4.69) is 20.6 Å². The van der Waals surface area contributed by atoms with E-state index < -0.39 is 5.91 Å². The van der Waals surface area contributed by atoms with Gasteiger partial charge in [-0.25, -0.2) is 4.98 Å². The third-order valence-electron chi connectivity index (χ3n) is 6.98. The lowest BCUT2D eigenvalue weighted by Gasteiger charge is -2.30. The van der Waals surface area contributed by atoms with E-state index in [-0.39, 0.29) is 23.6 Å². The van der Waals surface area contributed by atoms with Crippen LogP contribution in [-0.4, -0.2) is 45.3 Å². The van der Waals surface area contributed by atoms with Crippen LogP contribution in [0.25, 0.3) is 0 Å². The van der Waals surface area contributed by atoms with Crippen LogP contribution in [0.5, 0.6) is 0 Å². The molecule has 2 unspecified atom stereocenters. The highest BCUT2D eigenvalue weighted by atomic mass is 16.2. The van der Waals surface area contributed by atoms with Gasteiger partial charge in [-0.2, -0.15) is 4.98 Å². The molecule has 2 aromatic carbocycles. The summed E-state index contributed by atoms with van der Waals surface area (Å²) in [6, 6.07) is 15.4. The van der Waals surface area contributed by atoms with Crippen LogP contribution < -0.4 is 22.1 Å². The van der Waals surface area contributed by atoms with Crippen LogP contribution in [0.1, 0.15) is 57.5 Å². The molecule has 2 atom stereocenters. The Kier molecular flexibility index (Phi) is 6.81. The third-order valence-corrected chi connectivity index (χ3v) is 6.98. The number of amides is 2. The van der Waals surface area contributed by atoms with Crippen LogP contribution >= 0.6 is 0 Å². The molecule has 0 bridgehead atoms. The average molecular weight is 486 g/mol. The zero-order valence-corrected chi connectivity index (χ0v) is 20.1. The van der Waals surface area contributed by atoms with Crippen molar-refractivity contribution in [2.45, 2.75) is 50.7 Å². The van der Waals surface area contributed by atoms with Crippen LogP contribution in [0.4, 0.5) is 17.5 Å². The normalized spacial score (nSPS) is 19.3. The van der Waals surface area contributed by atoms with Crippen molar-refractivity contribution in [2.75, 3.05) is 17.2 Å². The maximum absolute atomic E-state index is 13.0. The number of anilines is 3. The number of nitrogens with two attached hydrogens (primary N) is 2.